The van der Waals surface area contributed by atoms with E-state index in [0.29, 0.717) is 13.0 Å². The highest BCUT2D eigenvalue weighted by Gasteiger charge is 2.30. The van der Waals surface area contributed by atoms with E-state index in [1.54, 1.807) is 15.8 Å². The second-order valence-corrected chi connectivity index (χ2v) is 3.39. The molecule has 2 heterocycles. The molecule has 14 heavy (non-hydrogen) atoms. The molecule has 1 aliphatic heterocycles. The molecule has 0 radical (unpaired) electrons. The van der Waals surface area contributed by atoms with Gasteiger partial charge in [0.2, 0.25) is 5.91 Å². The molecular weight excluding hydrogens is 178 g/mol. The smallest absolute Gasteiger partial charge is 0.229 e. The summed E-state index contributed by atoms with van der Waals surface area (Å²) >= 11 is 0. The Morgan fingerprint density at radius 1 is 1.71 bits per heavy atom. The molecule has 2 rings (SSSR count). The fourth-order valence-corrected chi connectivity index (χ4v) is 1.67. The largest absolute Gasteiger partial charge is 0.296 e. The van der Waals surface area contributed by atoms with Gasteiger partial charge in [-0.3, -0.25) is 14.4 Å². The molecule has 0 spiro atoms. The third-order valence-electron chi connectivity index (χ3n) is 2.43. The number of carbonyl (C=O) groups excluding carboxylic acids is 1. The Bertz CT molecular complexity index is 402. The second kappa shape index (κ2) is 3.18. The van der Waals surface area contributed by atoms with Gasteiger partial charge < -0.3 is 0 Å². The first-order chi connectivity index (χ1) is 6.72. The molecule has 0 aromatic carbocycles. The van der Waals surface area contributed by atoms with Gasteiger partial charge in [0.15, 0.2) is 0 Å². The average molecular weight is 189 g/mol. The van der Waals surface area contributed by atoms with Gasteiger partial charge in [0, 0.05) is 32.0 Å². The Kier molecular flexibility index (Phi) is 2.01. The van der Waals surface area contributed by atoms with Crippen molar-refractivity contribution in [3.05, 3.63) is 12.3 Å². The van der Waals surface area contributed by atoms with Crippen LogP contribution in [0.15, 0.2) is 12.3 Å². The van der Waals surface area contributed by atoms with Crippen molar-refractivity contribution in [1.29, 1.82) is 0 Å². The molecule has 72 valence electrons. The molecule has 1 atom stereocenters. The van der Waals surface area contributed by atoms with Crippen LogP contribution in [0.3, 0.4) is 0 Å². The summed E-state index contributed by atoms with van der Waals surface area (Å²) in [5.41, 5.74) is 0. The summed E-state index contributed by atoms with van der Waals surface area (Å²) in [6.45, 7) is 0.606. The summed E-state index contributed by atoms with van der Waals surface area (Å²) in [4.78, 5) is 13.3. The first-order valence-electron chi connectivity index (χ1n) is 4.47. The summed E-state index contributed by atoms with van der Waals surface area (Å²) in [7, 11) is 1.81. The molecule has 0 N–H and O–H groups in total. The number of terminal acetylenes is 1. The monoisotopic (exact) mass is 189 g/mol. The molecule has 1 aromatic heterocycles. The minimum absolute atomic E-state index is 0.0393. The van der Waals surface area contributed by atoms with E-state index in [9.17, 15) is 4.79 Å². The highest BCUT2D eigenvalue weighted by molar-refractivity contribution is 5.95. The average Bonchev–Trinajstić information content (AvgIpc) is 2.72. The number of hydrogen-bond acceptors (Lipinski definition) is 2. The lowest BCUT2D eigenvalue weighted by Crippen LogP contribution is -2.26. The van der Waals surface area contributed by atoms with Gasteiger partial charge in [0.05, 0.1) is 6.20 Å². The van der Waals surface area contributed by atoms with Crippen LogP contribution in [0, 0.1) is 18.3 Å². The molecule has 1 unspecified atom stereocenters. The van der Waals surface area contributed by atoms with E-state index in [2.05, 4.69) is 11.0 Å². The number of rotatable bonds is 1. The standard InChI is InChI=1S/C10H11N3O/c1-3-8-6-10(14)13(7-8)9-4-5-11-12(9)2/h1,4-5,8H,6-7H2,2H3. The van der Waals surface area contributed by atoms with Crippen LogP contribution in [0.25, 0.3) is 0 Å². The number of carbonyl (C=O) groups is 1. The number of amides is 1. The predicted molar refractivity (Wildman–Crippen MR) is 52.5 cm³/mol. The van der Waals surface area contributed by atoms with E-state index < -0.39 is 0 Å². The zero-order valence-corrected chi connectivity index (χ0v) is 7.97. The lowest BCUT2D eigenvalue weighted by Gasteiger charge is -2.15. The highest BCUT2D eigenvalue weighted by Crippen LogP contribution is 2.23. The van der Waals surface area contributed by atoms with Gasteiger partial charge in [-0.15, -0.1) is 12.3 Å². The molecule has 1 aliphatic rings. The van der Waals surface area contributed by atoms with Gasteiger partial charge in [-0.2, -0.15) is 5.10 Å². The molecular formula is C10H11N3O. The summed E-state index contributed by atoms with van der Waals surface area (Å²) in [6, 6.07) is 1.82. The minimum Gasteiger partial charge on any atom is -0.296 e. The van der Waals surface area contributed by atoms with Gasteiger partial charge >= 0.3 is 0 Å². The SMILES string of the molecule is C#CC1CC(=O)N(c2ccnn2C)C1. The number of hydrogen-bond donors (Lipinski definition) is 0. The van der Waals surface area contributed by atoms with Crippen LogP contribution in [-0.2, 0) is 11.8 Å². The van der Waals surface area contributed by atoms with Crippen molar-refractivity contribution in [3.63, 3.8) is 0 Å². The lowest BCUT2D eigenvalue weighted by atomic mass is 10.1. The summed E-state index contributed by atoms with van der Waals surface area (Å²) in [5, 5.41) is 4.02. The molecule has 1 fully saturated rings. The number of anilines is 1. The molecule has 0 aliphatic carbocycles. The molecule has 0 saturated carbocycles. The van der Waals surface area contributed by atoms with E-state index in [1.807, 2.05) is 13.1 Å². The van der Waals surface area contributed by atoms with Crippen LogP contribution in [0.1, 0.15) is 6.42 Å². The van der Waals surface area contributed by atoms with Gasteiger partial charge in [-0.05, 0) is 0 Å². The van der Waals surface area contributed by atoms with Gasteiger partial charge in [0.1, 0.15) is 5.82 Å². The van der Waals surface area contributed by atoms with Crippen molar-refractivity contribution in [2.45, 2.75) is 6.42 Å². The Hall–Kier alpha value is -1.76. The van der Waals surface area contributed by atoms with Gasteiger partial charge in [-0.25, -0.2) is 0 Å². The number of aromatic nitrogens is 2. The number of aryl methyl sites for hydroxylation is 1. The van der Waals surface area contributed by atoms with Crippen LogP contribution >= 0.6 is 0 Å². The van der Waals surface area contributed by atoms with Crippen LogP contribution in [0.5, 0.6) is 0 Å². The molecule has 4 nitrogen and oxygen atoms in total. The van der Waals surface area contributed by atoms with Crippen molar-refractivity contribution >= 4 is 11.7 Å². The highest BCUT2D eigenvalue weighted by atomic mass is 16.2. The molecule has 1 saturated heterocycles. The van der Waals surface area contributed by atoms with Gasteiger partial charge in [-0.1, -0.05) is 0 Å². The zero-order valence-electron chi connectivity index (χ0n) is 7.97. The predicted octanol–water partition coefficient (Wildman–Crippen LogP) is 0.406. The van der Waals surface area contributed by atoms with Crippen molar-refractivity contribution < 1.29 is 4.79 Å². The fraction of sp³-hybridized carbons (Fsp3) is 0.400. The normalized spacial score (nSPS) is 21.3. The van der Waals surface area contributed by atoms with Crippen LogP contribution < -0.4 is 4.90 Å². The number of nitrogens with zero attached hydrogens (tertiary/aromatic N) is 3. The van der Waals surface area contributed by atoms with Gasteiger partial charge in [0.25, 0.3) is 0 Å². The Morgan fingerprint density at radius 2 is 2.50 bits per heavy atom. The van der Waals surface area contributed by atoms with E-state index in [-0.39, 0.29) is 11.8 Å². The van der Waals surface area contributed by atoms with Crippen LogP contribution in [-0.4, -0.2) is 22.2 Å². The molecule has 1 aromatic rings. The van der Waals surface area contributed by atoms with Crippen molar-refractivity contribution in [2.75, 3.05) is 11.4 Å². The Balaban J connectivity index is 2.26. The van der Waals surface area contributed by atoms with E-state index in [4.69, 9.17) is 6.42 Å². The van der Waals surface area contributed by atoms with Crippen molar-refractivity contribution in [1.82, 2.24) is 9.78 Å². The maximum absolute atomic E-state index is 11.6. The van der Waals surface area contributed by atoms with Crippen molar-refractivity contribution in [2.24, 2.45) is 13.0 Å². The van der Waals surface area contributed by atoms with E-state index in [1.165, 1.54) is 0 Å². The van der Waals surface area contributed by atoms with Crippen LogP contribution in [0.4, 0.5) is 5.82 Å². The minimum atomic E-state index is 0.0393. The lowest BCUT2D eigenvalue weighted by molar-refractivity contribution is -0.117. The summed E-state index contributed by atoms with van der Waals surface area (Å²) in [6.07, 6.45) is 7.42. The van der Waals surface area contributed by atoms with Crippen molar-refractivity contribution in [3.8, 4) is 12.3 Å². The van der Waals surface area contributed by atoms with E-state index in [0.717, 1.165) is 5.82 Å². The second-order valence-electron chi connectivity index (χ2n) is 3.39. The topological polar surface area (TPSA) is 38.1 Å². The third-order valence-corrected chi connectivity index (χ3v) is 2.43. The molecule has 4 heteroatoms. The first-order valence-corrected chi connectivity index (χ1v) is 4.47. The molecule has 1 amide bonds. The summed E-state index contributed by atoms with van der Waals surface area (Å²) in [5.74, 6) is 3.55. The quantitative estimate of drug-likeness (QED) is 0.600. The fourth-order valence-electron chi connectivity index (χ4n) is 1.67. The maximum atomic E-state index is 11.6. The van der Waals surface area contributed by atoms with Crippen LogP contribution in [0.2, 0.25) is 0 Å². The Labute approximate surface area is 82.5 Å². The Morgan fingerprint density at radius 3 is 3.00 bits per heavy atom. The zero-order chi connectivity index (χ0) is 10.1. The maximum Gasteiger partial charge on any atom is 0.229 e. The first kappa shape index (κ1) is 8.82. The third kappa shape index (κ3) is 1.27. The molecule has 0 bridgehead atoms. The summed E-state index contributed by atoms with van der Waals surface area (Å²) < 4.78 is 1.68. The van der Waals surface area contributed by atoms with E-state index >= 15 is 0 Å².